The van der Waals surface area contributed by atoms with Crippen LogP contribution in [0.1, 0.15) is 11.1 Å². The van der Waals surface area contributed by atoms with E-state index in [-0.39, 0.29) is 19.1 Å². The van der Waals surface area contributed by atoms with Gasteiger partial charge in [0, 0.05) is 6.54 Å². The molecule has 2 aromatic carbocycles. The molecule has 0 saturated carbocycles. The molecule has 0 aliphatic rings. The molecule has 0 radical (unpaired) electrons. The van der Waals surface area contributed by atoms with Crippen LogP contribution in [0, 0.1) is 0 Å². The van der Waals surface area contributed by atoms with Gasteiger partial charge in [0.05, 0.1) is 20.8 Å². The average molecular weight is 331 g/mol. The van der Waals surface area contributed by atoms with Crippen molar-refractivity contribution in [1.29, 1.82) is 0 Å². The van der Waals surface area contributed by atoms with Crippen LogP contribution >= 0.6 is 0 Å². The summed E-state index contributed by atoms with van der Waals surface area (Å²) < 4.78 is 15.8. The molecule has 0 unspecified atom stereocenters. The van der Waals surface area contributed by atoms with E-state index in [2.05, 4.69) is 5.32 Å². The highest BCUT2D eigenvalue weighted by Gasteiger charge is 2.07. The summed E-state index contributed by atoms with van der Waals surface area (Å²) in [6.45, 7) is 0.268. The zero-order valence-corrected chi connectivity index (χ0v) is 13.7. The lowest BCUT2D eigenvalue weighted by Gasteiger charge is -2.11. The van der Waals surface area contributed by atoms with E-state index >= 15 is 0 Å². The van der Waals surface area contributed by atoms with Crippen LogP contribution in [0.2, 0.25) is 0 Å². The highest BCUT2D eigenvalue weighted by atomic mass is 16.5. The van der Waals surface area contributed by atoms with E-state index in [0.717, 1.165) is 11.1 Å². The highest BCUT2D eigenvalue weighted by Crippen LogP contribution is 2.27. The first-order chi connectivity index (χ1) is 11.7. The van der Waals surface area contributed by atoms with Gasteiger partial charge in [-0.1, -0.05) is 18.2 Å². The maximum absolute atomic E-state index is 11.9. The van der Waals surface area contributed by atoms with Gasteiger partial charge in [-0.3, -0.25) is 4.79 Å². The molecule has 0 spiro atoms. The largest absolute Gasteiger partial charge is 0.493 e. The van der Waals surface area contributed by atoms with Gasteiger partial charge < -0.3 is 24.6 Å². The quantitative estimate of drug-likeness (QED) is 0.772. The van der Waals surface area contributed by atoms with Crippen LogP contribution in [0.5, 0.6) is 17.2 Å². The lowest BCUT2D eigenvalue weighted by Crippen LogP contribution is -2.28. The molecule has 0 aliphatic carbocycles. The standard InChI is InChI=1S/C18H21NO5/c1-22-16-8-5-14(9-17(16)23-2)10-19-18(21)12-24-15-6-3-13(11-20)4-7-15/h3-9,20H,10-12H2,1-2H3,(H,19,21). The molecule has 6 nitrogen and oxygen atoms in total. The maximum atomic E-state index is 11.9. The first-order valence-electron chi connectivity index (χ1n) is 7.46. The summed E-state index contributed by atoms with van der Waals surface area (Å²) in [7, 11) is 3.14. The fourth-order valence-corrected chi connectivity index (χ4v) is 2.08. The smallest absolute Gasteiger partial charge is 0.258 e. The van der Waals surface area contributed by atoms with E-state index in [1.165, 1.54) is 0 Å². The summed E-state index contributed by atoms with van der Waals surface area (Å²) in [6, 6.07) is 12.4. The predicted octanol–water partition coefficient (Wildman–Crippen LogP) is 1.89. The average Bonchev–Trinajstić information content (AvgIpc) is 2.64. The van der Waals surface area contributed by atoms with Gasteiger partial charge in [-0.15, -0.1) is 0 Å². The molecule has 0 aromatic heterocycles. The van der Waals surface area contributed by atoms with E-state index < -0.39 is 0 Å². The Kier molecular flexibility index (Phi) is 6.45. The van der Waals surface area contributed by atoms with Crippen molar-refractivity contribution in [2.75, 3.05) is 20.8 Å². The number of aliphatic hydroxyl groups is 1. The van der Waals surface area contributed by atoms with Crippen molar-refractivity contribution >= 4 is 5.91 Å². The van der Waals surface area contributed by atoms with E-state index in [0.29, 0.717) is 23.8 Å². The van der Waals surface area contributed by atoms with Crippen molar-refractivity contribution in [3.05, 3.63) is 53.6 Å². The maximum Gasteiger partial charge on any atom is 0.258 e. The summed E-state index contributed by atoms with van der Waals surface area (Å²) in [6.07, 6.45) is 0. The van der Waals surface area contributed by atoms with Gasteiger partial charge in [0.2, 0.25) is 0 Å². The zero-order chi connectivity index (χ0) is 17.4. The zero-order valence-electron chi connectivity index (χ0n) is 13.7. The number of methoxy groups -OCH3 is 2. The Balaban J connectivity index is 1.82. The molecular formula is C18H21NO5. The van der Waals surface area contributed by atoms with Gasteiger partial charge in [0.25, 0.3) is 5.91 Å². The monoisotopic (exact) mass is 331 g/mol. The van der Waals surface area contributed by atoms with E-state index in [1.54, 1.807) is 44.6 Å². The fourth-order valence-electron chi connectivity index (χ4n) is 2.08. The second-order valence-electron chi connectivity index (χ2n) is 5.06. The van der Waals surface area contributed by atoms with E-state index in [9.17, 15) is 4.79 Å². The molecule has 2 rings (SSSR count). The molecule has 128 valence electrons. The van der Waals surface area contributed by atoms with Gasteiger partial charge >= 0.3 is 0 Å². The minimum absolute atomic E-state index is 0.0217. The number of benzene rings is 2. The van der Waals surface area contributed by atoms with Crippen molar-refractivity contribution in [3.63, 3.8) is 0 Å². The number of hydrogen-bond donors (Lipinski definition) is 2. The molecule has 1 amide bonds. The Hall–Kier alpha value is -2.73. The summed E-state index contributed by atoms with van der Waals surface area (Å²) in [5.74, 6) is 1.61. The number of hydrogen-bond acceptors (Lipinski definition) is 5. The molecule has 0 aliphatic heterocycles. The number of carbonyl (C=O) groups is 1. The minimum atomic E-state index is -0.226. The molecule has 0 atom stereocenters. The molecule has 2 N–H and O–H groups in total. The third kappa shape index (κ3) is 4.89. The highest BCUT2D eigenvalue weighted by molar-refractivity contribution is 5.77. The molecule has 0 heterocycles. The first kappa shape index (κ1) is 17.6. The summed E-state index contributed by atoms with van der Waals surface area (Å²) in [5.41, 5.74) is 1.69. The topological polar surface area (TPSA) is 77.0 Å². The fraction of sp³-hybridized carbons (Fsp3) is 0.278. The van der Waals surface area contributed by atoms with Crippen LogP contribution in [0.25, 0.3) is 0 Å². The van der Waals surface area contributed by atoms with Gasteiger partial charge in [-0.2, -0.15) is 0 Å². The van der Waals surface area contributed by atoms with Gasteiger partial charge in [0.15, 0.2) is 18.1 Å². The SMILES string of the molecule is COc1ccc(CNC(=O)COc2ccc(CO)cc2)cc1OC. The Morgan fingerprint density at radius 3 is 2.29 bits per heavy atom. The number of amides is 1. The van der Waals surface area contributed by atoms with Crippen LogP contribution in [-0.4, -0.2) is 31.8 Å². The van der Waals surface area contributed by atoms with Gasteiger partial charge in [0.1, 0.15) is 5.75 Å². The number of carbonyl (C=O) groups excluding carboxylic acids is 1. The van der Waals surface area contributed by atoms with Crippen LogP contribution in [-0.2, 0) is 17.9 Å². The lowest BCUT2D eigenvalue weighted by molar-refractivity contribution is -0.123. The number of ether oxygens (including phenoxy) is 3. The van der Waals surface area contributed by atoms with E-state index in [4.69, 9.17) is 19.3 Å². The van der Waals surface area contributed by atoms with Crippen LogP contribution in [0.3, 0.4) is 0 Å². The molecule has 0 bridgehead atoms. The second kappa shape index (κ2) is 8.79. The predicted molar refractivity (Wildman–Crippen MR) is 89.3 cm³/mol. The normalized spacial score (nSPS) is 10.1. The Labute approximate surface area is 141 Å². The first-order valence-corrected chi connectivity index (χ1v) is 7.46. The van der Waals surface area contributed by atoms with Gasteiger partial charge in [-0.25, -0.2) is 0 Å². The Bertz CT molecular complexity index is 670. The molecule has 2 aromatic rings. The third-order valence-corrected chi connectivity index (χ3v) is 3.41. The van der Waals surface area contributed by atoms with Crippen molar-refractivity contribution in [3.8, 4) is 17.2 Å². The molecule has 24 heavy (non-hydrogen) atoms. The summed E-state index contributed by atoms with van der Waals surface area (Å²) in [5, 5.41) is 11.8. The molecule has 0 fully saturated rings. The third-order valence-electron chi connectivity index (χ3n) is 3.41. The van der Waals surface area contributed by atoms with Gasteiger partial charge in [-0.05, 0) is 35.4 Å². The van der Waals surface area contributed by atoms with Crippen molar-refractivity contribution < 1.29 is 24.1 Å². The number of aliphatic hydroxyl groups excluding tert-OH is 1. The van der Waals surface area contributed by atoms with Crippen LogP contribution < -0.4 is 19.5 Å². The lowest BCUT2D eigenvalue weighted by atomic mass is 10.2. The Morgan fingerprint density at radius 2 is 1.67 bits per heavy atom. The second-order valence-corrected chi connectivity index (χ2v) is 5.06. The molecule has 6 heteroatoms. The molecule has 0 saturated heterocycles. The summed E-state index contributed by atoms with van der Waals surface area (Å²) >= 11 is 0. The van der Waals surface area contributed by atoms with Crippen LogP contribution in [0.15, 0.2) is 42.5 Å². The van der Waals surface area contributed by atoms with Crippen molar-refractivity contribution in [2.45, 2.75) is 13.2 Å². The Morgan fingerprint density at radius 1 is 1.00 bits per heavy atom. The number of nitrogens with one attached hydrogen (secondary N) is 1. The minimum Gasteiger partial charge on any atom is -0.493 e. The number of rotatable bonds is 8. The van der Waals surface area contributed by atoms with Crippen molar-refractivity contribution in [1.82, 2.24) is 5.32 Å². The summed E-state index contributed by atoms with van der Waals surface area (Å²) in [4.78, 5) is 11.9. The van der Waals surface area contributed by atoms with Crippen molar-refractivity contribution in [2.24, 2.45) is 0 Å². The van der Waals surface area contributed by atoms with E-state index in [1.807, 2.05) is 12.1 Å². The molecular weight excluding hydrogens is 310 g/mol. The van der Waals surface area contributed by atoms with Crippen LogP contribution in [0.4, 0.5) is 0 Å².